The number of halogens is 3. The second kappa shape index (κ2) is 6.08. The Morgan fingerprint density at radius 1 is 1.24 bits per heavy atom. The van der Waals surface area contributed by atoms with Crippen LogP contribution in [0.2, 0.25) is 0 Å². The lowest BCUT2D eigenvalue weighted by Gasteiger charge is -2.12. The van der Waals surface area contributed by atoms with Crippen LogP contribution in [-0.4, -0.2) is 32.4 Å². The maximum atomic E-state index is 12.4. The molecule has 0 bridgehead atoms. The van der Waals surface area contributed by atoms with Crippen molar-refractivity contribution in [3.63, 3.8) is 0 Å². The fourth-order valence-electron chi connectivity index (χ4n) is 2.33. The topological polar surface area (TPSA) is 80.0 Å². The average molecular weight is 350 g/mol. The van der Waals surface area contributed by atoms with Gasteiger partial charge in [0.1, 0.15) is 12.3 Å². The highest BCUT2D eigenvalue weighted by molar-refractivity contribution is 5.82. The number of phenols is 1. The lowest BCUT2D eigenvalue weighted by molar-refractivity contribution is -0.115. The van der Waals surface area contributed by atoms with E-state index in [-0.39, 0.29) is 17.3 Å². The number of hydrogen-bond donors (Lipinski definition) is 2. The Labute approximate surface area is 139 Å². The van der Waals surface area contributed by atoms with Gasteiger partial charge in [-0.15, -0.1) is 0 Å². The number of alkyl halides is 3. The molecule has 9 heteroatoms. The highest BCUT2D eigenvalue weighted by Gasteiger charge is 2.27. The zero-order chi connectivity index (χ0) is 18.2. The summed E-state index contributed by atoms with van der Waals surface area (Å²) in [6.07, 6.45) is -3.22. The maximum Gasteiger partial charge on any atom is 0.405 e. The molecular formula is C16H13F3N4O2. The largest absolute Gasteiger partial charge is 0.508 e. The molecule has 0 aliphatic heterocycles. The zero-order valence-corrected chi connectivity index (χ0v) is 13.0. The number of hydrogen-bond acceptors (Lipinski definition) is 5. The van der Waals surface area contributed by atoms with Gasteiger partial charge >= 0.3 is 6.18 Å². The molecule has 0 unspecified atom stereocenters. The van der Waals surface area contributed by atoms with E-state index in [9.17, 15) is 23.1 Å². The highest BCUT2D eigenvalue weighted by Crippen LogP contribution is 2.22. The first-order valence-corrected chi connectivity index (χ1v) is 7.21. The van der Waals surface area contributed by atoms with Crippen molar-refractivity contribution in [2.45, 2.75) is 6.18 Å². The Balaban J connectivity index is 1.99. The summed E-state index contributed by atoms with van der Waals surface area (Å²) in [7, 11) is 1.33. The lowest BCUT2D eigenvalue weighted by atomic mass is 10.1. The molecule has 1 aromatic carbocycles. The number of aromatic hydroxyl groups is 1. The van der Waals surface area contributed by atoms with Crippen LogP contribution in [0.3, 0.4) is 0 Å². The molecule has 0 aliphatic rings. The third-order valence-electron chi connectivity index (χ3n) is 3.56. The van der Waals surface area contributed by atoms with Crippen LogP contribution in [-0.2, 0) is 7.05 Å². The van der Waals surface area contributed by atoms with E-state index in [0.717, 1.165) is 4.57 Å². The van der Waals surface area contributed by atoms with E-state index in [1.54, 1.807) is 18.2 Å². The van der Waals surface area contributed by atoms with Crippen molar-refractivity contribution in [1.29, 1.82) is 0 Å². The molecule has 3 aromatic rings. The molecule has 0 radical (unpaired) electrons. The summed E-state index contributed by atoms with van der Waals surface area (Å²) in [5, 5.41) is 12.2. The number of nitrogens with one attached hydrogen (secondary N) is 1. The van der Waals surface area contributed by atoms with E-state index in [0.29, 0.717) is 16.6 Å². The Kier molecular flexibility index (Phi) is 4.07. The predicted molar refractivity (Wildman–Crippen MR) is 86.4 cm³/mol. The van der Waals surface area contributed by atoms with Crippen LogP contribution in [0.1, 0.15) is 0 Å². The van der Waals surface area contributed by atoms with Crippen LogP contribution in [0.4, 0.5) is 19.1 Å². The number of fused-ring (bicyclic) bond motifs is 1. The maximum absolute atomic E-state index is 12.4. The van der Waals surface area contributed by atoms with Crippen molar-refractivity contribution >= 4 is 16.9 Å². The predicted octanol–water partition coefficient (Wildman–Crippen LogP) is 2.68. The second-order valence-electron chi connectivity index (χ2n) is 5.40. The van der Waals surface area contributed by atoms with Crippen molar-refractivity contribution in [1.82, 2.24) is 14.5 Å². The third-order valence-corrected chi connectivity index (χ3v) is 3.56. The standard InChI is InChI=1S/C16H13F3N4O2/c1-23-14(25)11(7-20-15(23)21-8-16(17,18)19)13-4-2-9-6-10(24)3-5-12(9)22-13/h2-7,24H,8H2,1H3,(H,20,21). The van der Waals surface area contributed by atoms with Crippen molar-refractivity contribution in [3.05, 3.63) is 46.9 Å². The van der Waals surface area contributed by atoms with Crippen LogP contribution < -0.4 is 10.9 Å². The minimum atomic E-state index is -4.41. The molecule has 0 atom stereocenters. The van der Waals surface area contributed by atoms with Gasteiger partial charge < -0.3 is 10.4 Å². The fourth-order valence-corrected chi connectivity index (χ4v) is 2.33. The van der Waals surface area contributed by atoms with Crippen LogP contribution in [0.15, 0.2) is 41.3 Å². The number of aromatic nitrogens is 3. The van der Waals surface area contributed by atoms with Gasteiger partial charge in [-0.25, -0.2) is 9.97 Å². The molecule has 25 heavy (non-hydrogen) atoms. The molecule has 130 valence electrons. The molecule has 0 amide bonds. The first-order chi connectivity index (χ1) is 11.7. The van der Waals surface area contributed by atoms with Gasteiger partial charge in [-0.1, -0.05) is 6.07 Å². The molecule has 0 saturated carbocycles. The van der Waals surface area contributed by atoms with Gasteiger partial charge in [0.05, 0.1) is 16.8 Å². The van der Waals surface area contributed by atoms with E-state index in [4.69, 9.17) is 0 Å². The Bertz CT molecular complexity index is 999. The summed E-state index contributed by atoms with van der Waals surface area (Å²) in [5.74, 6) is -0.0866. The summed E-state index contributed by atoms with van der Waals surface area (Å²) in [4.78, 5) is 20.6. The Morgan fingerprint density at radius 3 is 2.72 bits per heavy atom. The van der Waals surface area contributed by atoms with E-state index in [1.165, 1.54) is 25.4 Å². The minimum Gasteiger partial charge on any atom is -0.508 e. The van der Waals surface area contributed by atoms with E-state index in [2.05, 4.69) is 15.3 Å². The van der Waals surface area contributed by atoms with Gasteiger partial charge in [0.2, 0.25) is 5.95 Å². The van der Waals surface area contributed by atoms with Crippen LogP contribution >= 0.6 is 0 Å². The minimum absolute atomic E-state index is 0.0970. The number of anilines is 1. The van der Waals surface area contributed by atoms with E-state index in [1.807, 2.05) is 0 Å². The summed E-state index contributed by atoms with van der Waals surface area (Å²) in [5.41, 5.74) is 0.547. The monoisotopic (exact) mass is 350 g/mol. The molecule has 6 nitrogen and oxygen atoms in total. The summed E-state index contributed by atoms with van der Waals surface area (Å²) < 4.78 is 37.9. The Hall–Kier alpha value is -3.10. The van der Waals surface area contributed by atoms with E-state index >= 15 is 0 Å². The SMILES string of the molecule is Cn1c(NCC(F)(F)F)ncc(-c2ccc3cc(O)ccc3n2)c1=O. The molecule has 3 rings (SSSR count). The van der Waals surface area contributed by atoms with Crippen LogP contribution in [0.5, 0.6) is 5.75 Å². The summed E-state index contributed by atoms with van der Waals surface area (Å²) in [6.45, 7) is -1.29. The van der Waals surface area contributed by atoms with Crippen molar-refractivity contribution in [2.24, 2.45) is 7.05 Å². The van der Waals surface area contributed by atoms with Gasteiger partial charge in [0.25, 0.3) is 5.56 Å². The highest BCUT2D eigenvalue weighted by atomic mass is 19.4. The molecule has 0 aliphatic carbocycles. The number of benzene rings is 1. The van der Waals surface area contributed by atoms with Crippen LogP contribution in [0, 0.1) is 0 Å². The van der Waals surface area contributed by atoms with Crippen molar-refractivity contribution in [3.8, 4) is 17.0 Å². The molecular weight excluding hydrogens is 337 g/mol. The second-order valence-corrected chi connectivity index (χ2v) is 5.40. The fraction of sp³-hybridized carbons (Fsp3) is 0.188. The number of pyridine rings is 1. The van der Waals surface area contributed by atoms with Gasteiger partial charge in [-0.3, -0.25) is 9.36 Å². The van der Waals surface area contributed by atoms with Gasteiger partial charge in [0.15, 0.2) is 0 Å². The zero-order valence-electron chi connectivity index (χ0n) is 13.0. The number of phenolic OH excluding ortho intramolecular Hbond substituents is 1. The normalized spacial score (nSPS) is 11.7. The van der Waals surface area contributed by atoms with Gasteiger partial charge in [-0.05, 0) is 24.3 Å². The van der Waals surface area contributed by atoms with Crippen molar-refractivity contribution in [2.75, 3.05) is 11.9 Å². The van der Waals surface area contributed by atoms with Gasteiger partial charge in [0, 0.05) is 18.6 Å². The van der Waals surface area contributed by atoms with Gasteiger partial charge in [-0.2, -0.15) is 13.2 Å². The molecule has 2 heterocycles. The summed E-state index contributed by atoms with van der Waals surface area (Å²) in [6, 6.07) is 7.88. The van der Waals surface area contributed by atoms with Crippen molar-refractivity contribution < 1.29 is 18.3 Å². The van der Waals surface area contributed by atoms with E-state index < -0.39 is 18.3 Å². The number of nitrogens with zero attached hydrogens (tertiary/aromatic N) is 3. The lowest BCUT2D eigenvalue weighted by Crippen LogP contribution is -2.28. The third kappa shape index (κ3) is 3.54. The Morgan fingerprint density at radius 2 is 2.00 bits per heavy atom. The first-order valence-electron chi connectivity index (χ1n) is 7.21. The molecule has 0 spiro atoms. The molecule has 2 N–H and O–H groups in total. The first kappa shape index (κ1) is 16.7. The molecule has 0 fully saturated rings. The molecule has 0 saturated heterocycles. The van der Waals surface area contributed by atoms with Crippen LogP contribution in [0.25, 0.3) is 22.2 Å². The molecule has 2 aromatic heterocycles. The number of rotatable bonds is 3. The average Bonchev–Trinajstić information content (AvgIpc) is 2.55. The summed E-state index contributed by atoms with van der Waals surface area (Å²) >= 11 is 0. The quantitative estimate of drug-likeness (QED) is 0.759. The smallest absolute Gasteiger partial charge is 0.405 e.